The van der Waals surface area contributed by atoms with E-state index in [-0.39, 0.29) is 26.2 Å². The Morgan fingerprint density at radius 3 is 1.53 bits per heavy atom. The summed E-state index contributed by atoms with van der Waals surface area (Å²) >= 11 is 0. The number of alkyl carbamates (subject to hydrolysis) is 1. The van der Waals surface area contributed by atoms with Gasteiger partial charge in [0.1, 0.15) is 6.61 Å². The lowest BCUT2D eigenvalue weighted by molar-refractivity contribution is -0.140. The average Bonchev–Trinajstić information content (AvgIpc) is 2.86. The molecule has 1 fully saturated rings. The van der Waals surface area contributed by atoms with Crippen LogP contribution < -0.4 is 5.32 Å². The van der Waals surface area contributed by atoms with Crippen molar-refractivity contribution in [1.29, 1.82) is 0 Å². The lowest BCUT2D eigenvalue weighted by Crippen LogP contribution is -2.48. The lowest BCUT2D eigenvalue weighted by atomic mass is 10.2. The second-order valence-corrected chi connectivity index (χ2v) is 9.19. The summed E-state index contributed by atoms with van der Waals surface area (Å²) in [6.45, 7) is 4.15. The molecule has 0 aromatic heterocycles. The number of benzene rings is 1. The normalized spacial score (nSPS) is 17.2. The molecule has 0 saturated carbocycles. The van der Waals surface area contributed by atoms with Crippen molar-refractivity contribution in [2.75, 3.05) is 85.1 Å². The molecule has 1 amide bonds. The van der Waals surface area contributed by atoms with Crippen LogP contribution in [0.2, 0.25) is 0 Å². The molecule has 1 heterocycles. The van der Waals surface area contributed by atoms with Crippen LogP contribution in [0, 0.1) is 0 Å². The summed E-state index contributed by atoms with van der Waals surface area (Å²) in [4.78, 5) is 53.4. The number of ether oxygens (including phenoxy) is 1. The first-order valence-corrected chi connectivity index (χ1v) is 12.7. The highest BCUT2D eigenvalue weighted by molar-refractivity contribution is 5.70. The number of hydrogen-bond acceptors (Lipinski definition) is 9. The van der Waals surface area contributed by atoms with Gasteiger partial charge in [0.2, 0.25) is 0 Å². The van der Waals surface area contributed by atoms with Crippen molar-refractivity contribution in [2.45, 2.75) is 13.0 Å². The van der Waals surface area contributed by atoms with E-state index >= 15 is 0 Å². The number of rotatable bonds is 12. The minimum Gasteiger partial charge on any atom is -0.480 e. The van der Waals surface area contributed by atoms with Crippen molar-refractivity contribution >= 4 is 24.0 Å². The van der Waals surface area contributed by atoms with Gasteiger partial charge in [-0.2, -0.15) is 0 Å². The number of carboxylic acids is 3. The van der Waals surface area contributed by atoms with Crippen molar-refractivity contribution in [3.63, 3.8) is 0 Å². The van der Waals surface area contributed by atoms with Crippen LogP contribution in [0.3, 0.4) is 0 Å². The summed E-state index contributed by atoms with van der Waals surface area (Å²) in [6, 6.07) is 9.37. The van der Waals surface area contributed by atoms with Crippen LogP contribution in [-0.2, 0) is 25.7 Å². The number of nitrogens with one attached hydrogen (secondary N) is 1. The Kier molecular flexibility index (Phi) is 14.1. The molecule has 13 heteroatoms. The molecule has 0 aliphatic carbocycles. The van der Waals surface area contributed by atoms with Gasteiger partial charge in [-0.25, -0.2) is 4.79 Å². The van der Waals surface area contributed by atoms with Gasteiger partial charge in [-0.15, -0.1) is 0 Å². The molecular formula is C25H39N5O8. The molecule has 1 aliphatic rings. The van der Waals surface area contributed by atoms with Crippen LogP contribution in [0.25, 0.3) is 0 Å². The molecule has 2 rings (SSSR count). The van der Waals surface area contributed by atoms with Gasteiger partial charge in [0.25, 0.3) is 0 Å². The van der Waals surface area contributed by atoms with E-state index in [2.05, 4.69) is 10.2 Å². The molecule has 1 saturated heterocycles. The number of carboxylic acid groups (broad SMARTS) is 3. The molecule has 0 unspecified atom stereocenters. The Bertz CT molecular complexity index is 856. The fourth-order valence-electron chi connectivity index (χ4n) is 4.12. The van der Waals surface area contributed by atoms with Gasteiger partial charge in [-0.05, 0) is 18.5 Å². The van der Waals surface area contributed by atoms with Gasteiger partial charge in [0, 0.05) is 58.9 Å². The van der Waals surface area contributed by atoms with Crippen molar-refractivity contribution in [3.05, 3.63) is 35.9 Å². The second-order valence-electron chi connectivity index (χ2n) is 9.19. The van der Waals surface area contributed by atoms with E-state index < -0.39 is 24.0 Å². The predicted molar refractivity (Wildman–Crippen MR) is 138 cm³/mol. The predicted octanol–water partition coefficient (Wildman–Crippen LogP) is -0.222. The number of carbonyl (C=O) groups excluding carboxylic acids is 1. The largest absolute Gasteiger partial charge is 0.480 e. The maximum Gasteiger partial charge on any atom is 0.407 e. The van der Waals surface area contributed by atoms with Crippen LogP contribution in [0.4, 0.5) is 4.79 Å². The lowest BCUT2D eigenvalue weighted by Gasteiger charge is -2.33. The van der Waals surface area contributed by atoms with Gasteiger partial charge in [0.15, 0.2) is 0 Å². The minimum absolute atomic E-state index is 0.158. The molecule has 0 bridgehead atoms. The average molecular weight is 538 g/mol. The molecule has 4 N–H and O–H groups in total. The van der Waals surface area contributed by atoms with E-state index in [9.17, 15) is 34.5 Å². The fourth-order valence-corrected chi connectivity index (χ4v) is 4.12. The highest BCUT2D eigenvalue weighted by Crippen LogP contribution is 2.03. The Morgan fingerprint density at radius 1 is 0.684 bits per heavy atom. The molecule has 0 spiro atoms. The van der Waals surface area contributed by atoms with E-state index in [4.69, 9.17) is 4.74 Å². The first kappa shape index (κ1) is 31.0. The molecule has 1 aromatic rings. The Balaban J connectivity index is 1.91. The summed E-state index contributed by atoms with van der Waals surface area (Å²) in [5.74, 6) is -2.91. The summed E-state index contributed by atoms with van der Waals surface area (Å²) in [5, 5.41) is 30.6. The number of nitrogens with zero attached hydrogens (tertiary/aromatic N) is 4. The first-order chi connectivity index (χ1) is 18.2. The van der Waals surface area contributed by atoms with Crippen LogP contribution in [0.5, 0.6) is 0 Å². The maximum absolute atomic E-state index is 12.0. The van der Waals surface area contributed by atoms with Crippen LogP contribution in [0.1, 0.15) is 12.0 Å². The van der Waals surface area contributed by atoms with Gasteiger partial charge >= 0.3 is 24.0 Å². The third-order valence-electron chi connectivity index (χ3n) is 6.14. The highest BCUT2D eigenvalue weighted by atomic mass is 16.5. The van der Waals surface area contributed by atoms with Gasteiger partial charge in [0.05, 0.1) is 19.6 Å². The van der Waals surface area contributed by atoms with Gasteiger partial charge in [-0.1, -0.05) is 30.3 Å². The van der Waals surface area contributed by atoms with Gasteiger partial charge < -0.3 is 30.3 Å². The smallest absolute Gasteiger partial charge is 0.407 e. The van der Waals surface area contributed by atoms with Crippen LogP contribution in [-0.4, -0.2) is 144 Å². The van der Waals surface area contributed by atoms with Crippen molar-refractivity contribution in [1.82, 2.24) is 24.9 Å². The third kappa shape index (κ3) is 13.9. The summed E-state index contributed by atoms with van der Waals surface area (Å²) in [5.41, 5.74) is 0.893. The number of aliphatic carboxylic acids is 3. The van der Waals surface area contributed by atoms with Crippen LogP contribution in [0.15, 0.2) is 30.3 Å². The van der Waals surface area contributed by atoms with Crippen LogP contribution >= 0.6 is 0 Å². The number of carbonyl (C=O) groups is 4. The first-order valence-electron chi connectivity index (χ1n) is 12.7. The SMILES string of the molecule is O=C(O)CN1CCN(CCCNC(=O)OCc2ccccc2)CCN(CC(=O)O)CCN(CC(=O)O)CC1. The molecule has 38 heavy (non-hydrogen) atoms. The van der Waals surface area contributed by atoms with E-state index in [0.29, 0.717) is 71.9 Å². The van der Waals surface area contributed by atoms with Crippen molar-refractivity contribution in [2.24, 2.45) is 0 Å². The molecule has 0 radical (unpaired) electrons. The standard InChI is InChI=1S/C25H39N5O8/c31-22(32)17-28-11-9-27(8-4-7-26-25(37)38-20-21-5-2-1-3-6-21)10-12-29(18-23(33)34)14-16-30(15-13-28)19-24(35)36/h1-3,5-6H,4,7-20H2,(H,26,37)(H,31,32)(H,33,34)(H,35,36). The molecule has 0 atom stereocenters. The molecular weight excluding hydrogens is 498 g/mol. The fraction of sp³-hybridized carbons (Fsp3) is 0.600. The summed E-state index contributed by atoms with van der Waals surface area (Å²) < 4.78 is 5.22. The maximum atomic E-state index is 12.0. The quantitative estimate of drug-likeness (QED) is 0.260. The second kappa shape index (κ2) is 17.3. The number of amides is 1. The Labute approximate surface area is 222 Å². The van der Waals surface area contributed by atoms with E-state index in [0.717, 1.165) is 5.56 Å². The van der Waals surface area contributed by atoms with Crippen molar-refractivity contribution in [3.8, 4) is 0 Å². The monoisotopic (exact) mass is 537 g/mol. The zero-order valence-corrected chi connectivity index (χ0v) is 21.7. The molecule has 13 nitrogen and oxygen atoms in total. The topological polar surface area (TPSA) is 163 Å². The van der Waals surface area contributed by atoms with E-state index in [1.807, 2.05) is 30.3 Å². The minimum atomic E-state index is -0.990. The zero-order valence-electron chi connectivity index (χ0n) is 21.7. The molecule has 1 aliphatic heterocycles. The third-order valence-corrected chi connectivity index (χ3v) is 6.14. The van der Waals surface area contributed by atoms with Gasteiger partial charge in [-0.3, -0.25) is 29.1 Å². The van der Waals surface area contributed by atoms with E-state index in [1.165, 1.54) is 0 Å². The summed E-state index contributed by atoms with van der Waals surface area (Å²) in [7, 11) is 0. The van der Waals surface area contributed by atoms with Crippen molar-refractivity contribution < 1.29 is 39.2 Å². The van der Waals surface area contributed by atoms with E-state index in [1.54, 1.807) is 14.7 Å². The zero-order chi connectivity index (χ0) is 27.8. The Hall–Kier alpha value is -3.26. The summed E-state index contributed by atoms with van der Waals surface area (Å²) in [6.07, 6.45) is 0.124. The molecule has 1 aromatic carbocycles. The highest BCUT2D eigenvalue weighted by Gasteiger charge is 2.20. The molecule has 212 valence electrons. The number of hydrogen-bond donors (Lipinski definition) is 4. The Morgan fingerprint density at radius 2 is 1.11 bits per heavy atom.